The average Bonchev–Trinajstić information content (AvgIpc) is 2.54. The Balaban J connectivity index is 1.81. The van der Waals surface area contributed by atoms with Crippen LogP contribution in [-0.2, 0) is 17.6 Å². The summed E-state index contributed by atoms with van der Waals surface area (Å²) in [5, 5.41) is 9.72. The number of aliphatic hydroxyl groups excluding tert-OH is 1. The van der Waals surface area contributed by atoms with Crippen LogP contribution in [0.5, 0.6) is 0 Å². The van der Waals surface area contributed by atoms with Gasteiger partial charge in [-0.2, -0.15) is 0 Å². The summed E-state index contributed by atoms with van der Waals surface area (Å²) in [6.07, 6.45) is 4.57. The highest BCUT2D eigenvalue weighted by Gasteiger charge is 2.29. The highest BCUT2D eigenvalue weighted by atomic mass is 16.3. The monoisotopic (exact) mass is 282 g/mol. The van der Waals surface area contributed by atoms with Gasteiger partial charge in [-0.3, -0.25) is 9.78 Å². The molecule has 1 amide bonds. The maximum absolute atomic E-state index is 12.5. The van der Waals surface area contributed by atoms with Crippen molar-refractivity contribution >= 4 is 5.91 Å². The molecule has 1 unspecified atom stereocenters. The van der Waals surface area contributed by atoms with Gasteiger partial charge in [0.2, 0.25) is 5.91 Å². The number of aromatic nitrogens is 1. The van der Waals surface area contributed by atoms with Gasteiger partial charge in [-0.05, 0) is 29.2 Å². The molecule has 3 rings (SSSR count). The van der Waals surface area contributed by atoms with Crippen molar-refractivity contribution in [2.75, 3.05) is 13.2 Å². The number of rotatable bonds is 3. The zero-order chi connectivity index (χ0) is 14.7. The van der Waals surface area contributed by atoms with E-state index in [1.807, 2.05) is 30.3 Å². The molecule has 21 heavy (non-hydrogen) atoms. The van der Waals surface area contributed by atoms with Gasteiger partial charge in [0.05, 0.1) is 19.1 Å². The Bertz CT molecular complexity index is 628. The number of carbonyl (C=O) groups excluding carboxylic acids is 1. The maximum atomic E-state index is 12.5. The highest BCUT2D eigenvalue weighted by Crippen LogP contribution is 2.29. The van der Waals surface area contributed by atoms with Crippen molar-refractivity contribution < 1.29 is 9.90 Å². The number of carbonyl (C=O) groups is 1. The molecule has 4 heteroatoms. The van der Waals surface area contributed by atoms with Gasteiger partial charge >= 0.3 is 0 Å². The molecule has 108 valence electrons. The van der Waals surface area contributed by atoms with Crippen molar-refractivity contribution in [3.8, 4) is 0 Å². The van der Waals surface area contributed by atoms with Crippen molar-refractivity contribution in [1.29, 1.82) is 0 Å². The van der Waals surface area contributed by atoms with E-state index in [9.17, 15) is 9.90 Å². The quantitative estimate of drug-likeness (QED) is 0.933. The third kappa shape index (κ3) is 2.81. The number of fused-ring (bicyclic) bond motifs is 1. The van der Waals surface area contributed by atoms with Crippen molar-refractivity contribution in [3.63, 3.8) is 0 Å². The summed E-state index contributed by atoms with van der Waals surface area (Å²) in [6.45, 7) is 0.608. The molecule has 0 radical (unpaired) electrons. The van der Waals surface area contributed by atoms with Crippen molar-refractivity contribution in [2.45, 2.75) is 18.9 Å². The third-order valence-electron chi connectivity index (χ3n) is 3.98. The molecule has 1 aliphatic rings. The smallest absolute Gasteiger partial charge is 0.227 e. The van der Waals surface area contributed by atoms with Crippen molar-refractivity contribution in [3.05, 3.63) is 65.5 Å². The van der Waals surface area contributed by atoms with E-state index in [0.717, 1.165) is 17.5 Å². The number of amides is 1. The lowest BCUT2D eigenvalue weighted by molar-refractivity contribution is -0.134. The van der Waals surface area contributed by atoms with Crippen LogP contribution in [0.15, 0.2) is 48.8 Å². The zero-order valence-electron chi connectivity index (χ0n) is 11.8. The van der Waals surface area contributed by atoms with Crippen molar-refractivity contribution in [1.82, 2.24) is 9.88 Å². The molecule has 0 aliphatic carbocycles. The predicted molar refractivity (Wildman–Crippen MR) is 79.6 cm³/mol. The standard InChI is InChI=1S/C17H18N2O2/c20-12-16-15-6-2-1-5-14(15)7-9-19(16)17(21)10-13-4-3-8-18-11-13/h1-6,8,11,16,20H,7,9-10,12H2. The molecule has 2 aromatic rings. The van der Waals surface area contributed by atoms with Gasteiger partial charge in [0, 0.05) is 18.9 Å². The summed E-state index contributed by atoms with van der Waals surface area (Å²) >= 11 is 0. The summed E-state index contributed by atoms with van der Waals surface area (Å²) in [6, 6.07) is 11.5. The van der Waals surface area contributed by atoms with Gasteiger partial charge in [0.25, 0.3) is 0 Å². The van der Waals surface area contributed by atoms with Crippen LogP contribution in [0.25, 0.3) is 0 Å². The summed E-state index contributed by atoms with van der Waals surface area (Å²) in [5.41, 5.74) is 3.19. The minimum absolute atomic E-state index is 0.0385. The maximum Gasteiger partial charge on any atom is 0.227 e. The molecule has 1 atom stereocenters. The molecule has 1 aliphatic heterocycles. The Labute approximate surface area is 124 Å². The van der Waals surface area contributed by atoms with E-state index in [-0.39, 0.29) is 18.6 Å². The fourth-order valence-electron chi connectivity index (χ4n) is 2.93. The van der Waals surface area contributed by atoms with Crippen LogP contribution in [0.2, 0.25) is 0 Å². The van der Waals surface area contributed by atoms with E-state index in [1.165, 1.54) is 5.56 Å². The van der Waals surface area contributed by atoms with Crippen LogP contribution in [-0.4, -0.2) is 34.0 Å². The largest absolute Gasteiger partial charge is 0.394 e. The van der Waals surface area contributed by atoms with E-state index in [0.29, 0.717) is 13.0 Å². The lowest BCUT2D eigenvalue weighted by atomic mass is 9.92. The van der Waals surface area contributed by atoms with Gasteiger partial charge in [0.15, 0.2) is 0 Å². The SMILES string of the molecule is O=C(Cc1cccnc1)N1CCc2ccccc2C1CO. The van der Waals surface area contributed by atoms with E-state index in [1.54, 1.807) is 17.3 Å². The lowest BCUT2D eigenvalue weighted by Crippen LogP contribution is -2.42. The molecular weight excluding hydrogens is 264 g/mol. The van der Waals surface area contributed by atoms with Crippen LogP contribution in [0, 0.1) is 0 Å². The number of hydrogen-bond donors (Lipinski definition) is 1. The summed E-state index contributed by atoms with van der Waals surface area (Å²) < 4.78 is 0. The second-order valence-electron chi connectivity index (χ2n) is 5.27. The number of nitrogens with zero attached hydrogens (tertiary/aromatic N) is 2. The topological polar surface area (TPSA) is 53.4 Å². The Morgan fingerprint density at radius 3 is 2.90 bits per heavy atom. The van der Waals surface area contributed by atoms with E-state index in [4.69, 9.17) is 0 Å². The molecule has 1 aromatic heterocycles. The van der Waals surface area contributed by atoms with Gasteiger partial charge in [0.1, 0.15) is 0 Å². The van der Waals surface area contributed by atoms with Gasteiger partial charge < -0.3 is 10.0 Å². The van der Waals surface area contributed by atoms with Crippen LogP contribution in [0.4, 0.5) is 0 Å². The lowest BCUT2D eigenvalue weighted by Gasteiger charge is -2.36. The highest BCUT2D eigenvalue weighted by molar-refractivity contribution is 5.79. The molecule has 2 heterocycles. The number of pyridine rings is 1. The first-order chi connectivity index (χ1) is 10.3. The zero-order valence-corrected chi connectivity index (χ0v) is 11.8. The predicted octanol–water partition coefficient (Wildman–Crippen LogP) is 1.74. The van der Waals surface area contributed by atoms with Gasteiger partial charge in [-0.25, -0.2) is 0 Å². The van der Waals surface area contributed by atoms with Crippen LogP contribution in [0.1, 0.15) is 22.7 Å². The first kappa shape index (κ1) is 13.8. The van der Waals surface area contributed by atoms with Crippen LogP contribution in [0.3, 0.4) is 0 Å². The molecule has 1 aromatic carbocycles. The molecule has 4 nitrogen and oxygen atoms in total. The van der Waals surface area contributed by atoms with E-state index < -0.39 is 0 Å². The Morgan fingerprint density at radius 2 is 2.14 bits per heavy atom. The van der Waals surface area contributed by atoms with Crippen molar-refractivity contribution in [2.24, 2.45) is 0 Å². The number of aliphatic hydroxyl groups is 1. The van der Waals surface area contributed by atoms with Crippen LogP contribution < -0.4 is 0 Å². The third-order valence-corrected chi connectivity index (χ3v) is 3.98. The molecule has 0 spiro atoms. The molecule has 1 N–H and O–H groups in total. The second-order valence-corrected chi connectivity index (χ2v) is 5.27. The minimum atomic E-state index is -0.237. The average molecular weight is 282 g/mol. The Kier molecular flexibility index (Phi) is 3.97. The molecular formula is C17H18N2O2. The normalized spacial score (nSPS) is 17.4. The summed E-state index contributed by atoms with van der Waals surface area (Å²) in [7, 11) is 0. The first-order valence-electron chi connectivity index (χ1n) is 7.16. The van der Waals surface area contributed by atoms with E-state index >= 15 is 0 Å². The summed E-state index contributed by atoms with van der Waals surface area (Å²) in [5.74, 6) is 0.0385. The van der Waals surface area contributed by atoms with Gasteiger partial charge in [-0.15, -0.1) is 0 Å². The molecule has 0 saturated heterocycles. The first-order valence-corrected chi connectivity index (χ1v) is 7.16. The fourth-order valence-corrected chi connectivity index (χ4v) is 2.93. The van der Waals surface area contributed by atoms with Gasteiger partial charge in [-0.1, -0.05) is 30.3 Å². The molecule has 0 saturated carbocycles. The minimum Gasteiger partial charge on any atom is -0.394 e. The summed E-state index contributed by atoms with van der Waals surface area (Å²) in [4.78, 5) is 18.4. The number of hydrogen-bond acceptors (Lipinski definition) is 3. The molecule has 0 bridgehead atoms. The second kappa shape index (κ2) is 6.06. The van der Waals surface area contributed by atoms with Crippen LogP contribution >= 0.6 is 0 Å². The van der Waals surface area contributed by atoms with E-state index in [2.05, 4.69) is 11.1 Å². The molecule has 0 fully saturated rings. The Morgan fingerprint density at radius 1 is 1.29 bits per heavy atom. The fraction of sp³-hybridized carbons (Fsp3) is 0.294. The Hall–Kier alpha value is -2.20. The number of benzene rings is 1.